The first-order valence-corrected chi connectivity index (χ1v) is 11.8. The maximum absolute atomic E-state index is 10.6. The van der Waals surface area contributed by atoms with Crippen molar-refractivity contribution in [3.8, 4) is 17.7 Å². The molecular formula is C26H30N4O5. The van der Waals surface area contributed by atoms with E-state index in [1.807, 2.05) is 54.6 Å². The SMILES string of the molecule is CCCC[C@@H](COc1nnc(-c2cc3ccccc3o2)o1)Nc1ccc(CNCCC(=O)O)cc1. The molecule has 0 aliphatic carbocycles. The number of carboxylic acids is 1. The summed E-state index contributed by atoms with van der Waals surface area (Å²) in [6, 6.07) is 17.7. The summed E-state index contributed by atoms with van der Waals surface area (Å²) < 4.78 is 17.3. The van der Waals surface area contributed by atoms with Crippen LogP contribution in [0.5, 0.6) is 6.08 Å². The highest BCUT2D eigenvalue weighted by Crippen LogP contribution is 2.28. The molecule has 2 aromatic heterocycles. The highest BCUT2D eigenvalue weighted by molar-refractivity contribution is 5.81. The second-order valence-corrected chi connectivity index (χ2v) is 8.33. The van der Waals surface area contributed by atoms with Gasteiger partial charge in [-0.05, 0) is 36.2 Å². The van der Waals surface area contributed by atoms with Gasteiger partial charge in [0.05, 0.1) is 12.5 Å². The number of unbranched alkanes of at least 4 members (excludes halogenated alkanes) is 1. The Kier molecular flexibility index (Phi) is 8.34. The number of anilines is 1. The van der Waals surface area contributed by atoms with Crippen molar-refractivity contribution in [2.45, 2.75) is 45.2 Å². The third-order valence-corrected chi connectivity index (χ3v) is 5.53. The minimum absolute atomic E-state index is 0.0658. The van der Waals surface area contributed by atoms with E-state index in [2.05, 4.69) is 27.8 Å². The fourth-order valence-corrected chi connectivity index (χ4v) is 3.66. The number of aliphatic carboxylic acids is 1. The second-order valence-electron chi connectivity index (χ2n) is 8.33. The number of hydrogen-bond donors (Lipinski definition) is 3. The standard InChI is InChI=1S/C26H30N4O5/c1-2-3-7-21(28-20-11-9-18(10-12-20)16-27-14-13-24(31)32)17-33-26-30-29-25(35-26)23-15-19-6-4-5-8-22(19)34-23/h4-6,8-12,15,21,27-28H,2-3,7,13-14,16-17H2,1H3,(H,31,32)/t21-/m0/s1. The molecule has 0 fully saturated rings. The molecule has 0 radical (unpaired) electrons. The highest BCUT2D eigenvalue weighted by Gasteiger charge is 2.16. The molecule has 2 heterocycles. The number of para-hydroxylation sites is 1. The summed E-state index contributed by atoms with van der Waals surface area (Å²) in [5, 5.41) is 24.4. The van der Waals surface area contributed by atoms with Gasteiger partial charge in [0.15, 0.2) is 5.76 Å². The second kappa shape index (κ2) is 12.0. The number of carbonyl (C=O) groups is 1. The normalized spacial score (nSPS) is 12.0. The Bertz CT molecular complexity index is 1180. The molecule has 2 aromatic carbocycles. The number of carboxylic acid groups (broad SMARTS) is 1. The smallest absolute Gasteiger partial charge is 0.415 e. The molecule has 1 atom stereocenters. The minimum atomic E-state index is -0.802. The number of aromatic nitrogens is 2. The van der Waals surface area contributed by atoms with Crippen LogP contribution in [0.1, 0.15) is 38.2 Å². The molecule has 4 rings (SSSR count). The van der Waals surface area contributed by atoms with Crippen molar-refractivity contribution in [1.82, 2.24) is 15.5 Å². The Hall–Kier alpha value is -3.85. The third-order valence-electron chi connectivity index (χ3n) is 5.53. The van der Waals surface area contributed by atoms with Crippen LogP contribution in [-0.2, 0) is 11.3 Å². The quantitative estimate of drug-likeness (QED) is 0.212. The fourth-order valence-electron chi connectivity index (χ4n) is 3.66. The Morgan fingerprint density at radius 1 is 1.11 bits per heavy atom. The van der Waals surface area contributed by atoms with Gasteiger partial charge in [-0.15, -0.1) is 5.10 Å². The Labute approximate surface area is 203 Å². The lowest BCUT2D eigenvalue weighted by Gasteiger charge is -2.19. The van der Waals surface area contributed by atoms with Gasteiger partial charge in [0.25, 0.3) is 5.89 Å². The zero-order valence-electron chi connectivity index (χ0n) is 19.7. The first-order valence-electron chi connectivity index (χ1n) is 11.8. The van der Waals surface area contributed by atoms with E-state index >= 15 is 0 Å². The molecule has 9 nitrogen and oxygen atoms in total. The van der Waals surface area contributed by atoms with Crippen molar-refractivity contribution >= 4 is 22.6 Å². The fraction of sp³-hybridized carbons (Fsp3) is 0.346. The maximum Gasteiger partial charge on any atom is 0.415 e. The van der Waals surface area contributed by atoms with Gasteiger partial charge in [-0.1, -0.05) is 55.2 Å². The average Bonchev–Trinajstić information content (AvgIpc) is 3.51. The van der Waals surface area contributed by atoms with Gasteiger partial charge in [0.2, 0.25) is 0 Å². The molecule has 184 valence electrons. The summed E-state index contributed by atoms with van der Waals surface area (Å²) in [5.74, 6) is -0.0164. The lowest BCUT2D eigenvalue weighted by molar-refractivity contribution is -0.136. The van der Waals surface area contributed by atoms with Crippen LogP contribution in [0.15, 0.2) is 63.4 Å². The number of ether oxygens (including phenoxy) is 1. The van der Waals surface area contributed by atoms with Gasteiger partial charge in [0, 0.05) is 24.2 Å². The lowest BCUT2D eigenvalue weighted by atomic mass is 10.1. The van der Waals surface area contributed by atoms with Crippen molar-refractivity contribution in [3.05, 3.63) is 60.2 Å². The molecule has 35 heavy (non-hydrogen) atoms. The van der Waals surface area contributed by atoms with Crippen LogP contribution in [0.4, 0.5) is 5.69 Å². The molecule has 0 aliphatic rings. The van der Waals surface area contributed by atoms with Crippen LogP contribution in [0.2, 0.25) is 0 Å². The van der Waals surface area contributed by atoms with Crippen LogP contribution >= 0.6 is 0 Å². The minimum Gasteiger partial charge on any atom is -0.481 e. The van der Waals surface area contributed by atoms with Crippen molar-refractivity contribution in [3.63, 3.8) is 0 Å². The summed E-state index contributed by atoms with van der Waals surface area (Å²) in [6.07, 6.45) is 3.28. The molecule has 3 N–H and O–H groups in total. The van der Waals surface area contributed by atoms with E-state index in [1.165, 1.54) is 0 Å². The van der Waals surface area contributed by atoms with Gasteiger partial charge in [-0.2, -0.15) is 0 Å². The van der Waals surface area contributed by atoms with Gasteiger partial charge >= 0.3 is 12.0 Å². The van der Waals surface area contributed by atoms with E-state index in [-0.39, 0.29) is 24.4 Å². The number of rotatable bonds is 14. The molecule has 0 spiro atoms. The monoisotopic (exact) mass is 478 g/mol. The average molecular weight is 479 g/mol. The molecule has 0 saturated carbocycles. The Morgan fingerprint density at radius 2 is 1.94 bits per heavy atom. The van der Waals surface area contributed by atoms with Crippen LogP contribution in [0.3, 0.4) is 0 Å². The van der Waals surface area contributed by atoms with Crippen molar-refractivity contribution < 1.29 is 23.5 Å². The van der Waals surface area contributed by atoms with Gasteiger partial charge in [0.1, 0.15) is 12.2 Å². The van der Waals surface area contributed by atoms with Gasteiger partial charge in [-0.3, -0.25) is 4.79 Å². The van der Waals surface area contributed by atoms with Crippen LogP contribution < -0.4 is 15.4 Å². The number of hydrogen-bond acceptors (Lipinski definition) is 8. The lowest BCUT2D eigenvalue weighted by Crippen LogP contribution is -2.27. The summed E-state index contributed by atoms with van der Waals surface area (Å²) in [5.41, 5.74) is 2.83. The number of nitrogens with one attached hydrogen (secondary N) is 2. The molecule has 0 amide bonds. The number of benzene rings is 2. The van der Waals surface area contributed by atoms with E-state index < -0.39 is 5.97 Å². The first kappa shape index (κ1) is 24.3. The zero-order valence-corrected chi connectivity index (χ0v) is 19.7. The van der Waals surface area contributed by atoms with Gasteiger partial charge in [-0.25, -0.2) is 0 Å². The molecule has 0 unspecified atom stereocenters. The van der Waals surface area contributed by atoms with Crippen molar-refractivity contribution in [1.29, 1.82) is 0 Å². The molecule has 0 aliphatic heterocycles. The van der Waals surface area contributed by atoms with Crippen LogP contribution in [0, 0.1) is 0 Å². The highest BCUT2D eigenvalue weighted by atomic mass is 16.6. The number of furan rings is 1. The summed E-state index contributed by atoms with van der Waals surface area (Å²) in [6.45, 7) is 3.60. The van der Waals surface area contributed by atoms with Crippen molar-refractivity contribution in [2.24, 2.45) is 0 Å². The van der Waals surface area contributed by atoms with Crippen LogP contribution in [0.25, 0.3) is 22.6 Å². The molecular weight excluding hydrogens is 448 g/mol. The zero-order chi connectivity index (χ0) is 24.5. The topological polar surface area (TPSA) is 123 Å². The molecule has 9 heteroatoms. The third kappa shape index (κ3) is 7.07. The largest absolute Gasteiger partial charge is 0.481 e. The van der Waals surface area contributed by atoms with E-state index in [1.54, 1.807) is 0 Å². The van der Waals surface area contributed by atoms with E-state index in [0.717, 1.165) is 41.5 Å². The van der Waals surface area contributed by atoms with E-state index in [9.17, 15) is 4.79 Å². The Morgan fingerprint density at radius 3 is 2.71 bits per heavy atom. The van der Waals surface area contributed by atoms with Gasteiger partial charge < -0.3 is 29.3 Å². The first-order chi connectivity index (χ1) is 17.1. The molecule has 0 bridgehead atoms. The number of nitrogens with zero attached hydrogens (tertiary/aromatic N) is 2. The summed E-state index contributed by atoms with van der Waals surface area (Å²) >= 11 is 0. The Balaban J connectivity index is 1.31. The maximum atomic E-state index is 10.6. The van der Waals surface area contributed by atoms with E-state index in [0.29, 0.717) is 25.5 Å². The number of fused-ring (bicyclic) bond motifs is 1. The summed E-state index contributed by atoms with van der Waals surface area (Å²) in [4.78, 5) is 10.6. The summed E-state index contributed by atoms with van der Waals surface area (Å²) in [7, 11) is 0. The van der Waals surface area contributed by atoms with Crippen LogP contribution in [-0.4, -0.2) is 40.5 Å². The van der Waals surface area contributed by atoms with E-state index in [4.69, 9.17) is 18.7 Å². The predicted octanol–water partition coefficient (Wildman–Crippen LogP) is 5.10. The van der Waals surface area contributed by atoms with Crippen molar-refractivity contribution in [2.75, 3.05) is 18.5 Å². The molecule has 4 aromatic rings. The molecule has 0 saturated heterocycles. The predicted molar refractivity (Wildman–Crippen MR) is 132 cm³/mol.